The summed E-state index contributed by atoms with van der Waals surface area (Å²) in [6.07, 6.45) is 4.28. The molecule has 1 aromatic carbocycles. The van der Waals surface area contributed by atoms with Gasteiger partial charge in [-0.1, -0.05) is 0 Å². The zero-order valence-corrected chi connectivity index (χ0v) is 15.1. The van der Waals surface area contributed by atoms with Gasteiger partial charge in [0.15, 0.2) is 0 Å². The Balaban J connectivity index is 2.18. The van der Waals surface area contributed by atoms with Crippen LogP contribution in [-0.4, -0.2) is 42.5 Å². The van der Waals surface area contributed by atoms with Gasteiger partial charge >= 0.3 is 5.97 Å². The lowest BCUT2D eigenvalue weighted by molar-refractivity contribution is -0.111. The summed E-state index contributed by atoms with van der Waals surface area (Å²) in [7, 11) is 4.72. The van der Waals surface area contributed by atoms with E-state index in [0.29, 0.717) is 17.1 Å². The Morgan fingerprint density at radius 1 is 1.27 bits per heavy atom. The van der Waals surface area contributed by atoms with Crippen LogP contribution in [0.2, 0.25) is 0 Å². The smallest absolute Gasteiger partial charge is 0.343 e. The van der Waals surface area contributed by atoms with Gasteiger partial charge in [0, 0.05) is 18.7 Å². The third-order valence-corrected chi connectivity index (χ3v) is 3.53. The highest BCUT2D eigenvalue weighted by atomic mass is 16.5. The molecule has 2 rings (SSSR count). The lowest BCUT2D eigenvalue weighted by Gasteiger charge is -2.08. The largest absolute Gasteiger partial charge is 0.497 e. The van der Waals surface area contributed by atoms with Gasteiger partial charge in [-0.25, -0.2) is 4.79 Å². The van der Waals surface area contributed by atoms with Crippen molar-refractivity contribution in [3.63, 3.8) is 0 Å². The van der Waals surface area contributed by atoms with Crippen LogP contribution in [0, 0.1) is 0 Å². The predicted octanol–water partition coefficient (Wildman–Crippen LogP) is 2.27. The van der Waals surface area contributed by atoms with Gasteiger partial charge in [0.05, 0.1) is 27.0 Å². The molecule has 0 aliphatic heterocycles. The molecular weight excluding hydrogens is 338 g/mol. The van der Waals surface area contributed by atoms with E-state index in [9.17, 15) is 9.59 Å². The Morgan fingerprint density at radius 2 is 2.04 bits per heavy atom. The van der Waals surface area contributed by atoms with Crippen molar-refractivity contribution in [3.05, 3.63) is 41.6 Å². The Hall–Kier alpha value is -3.29. The van der Waals surface area contributed by atoms with Gasteiger partial charge in [0.2, 0.25) is 5.91 Å². The number of methoxy groups -OCH3 is 2. The van der Waals surface area contributed by atoms with E-state index in [2.05, 4.69) is 10.4 Å². The molecule has 0 unspecified atom stereocenters. The molecule has 0 aliphatic rings. The average molecular weight is 359 g/mol. The van der Waals surface area contributed by atoms with Crippen LogP contribution in [0.1, 0.15) is 22.8 Å². The fourth-order valence-corrected chi connectivity index (χ4v) is 2.24. The molecule has 1 N–H and O–H groups in total. The van der Waals surface area contributed by atoms with Gasteiger partial charge in [-0.15, -0.1) is 0 Å². The number of rotatable bonds is 7. The summed E-state index contributed by atoms with van der Waals surface area (Å²) in [5.74, 6) is 0.527. The summed E-state index contributed by atoms with van der Waals surface area (Å²) in [4.78, 5) is 24.2. The standard InChI is InChI=1S/C18H21N3O5/c1-5-26-18(23)14-11-19-21(2)17(14)20-16(22)9-6-12-10-13(24-3)7-8-15(12)25-4/h6-11H,5H2,1-4H3,(H,20,22)/b9-6+. The van der Waals surface area contributed by atoms with Crippen molar-refractivity contribution in [1.82, 2.24) is 9.78 Å². The number of amides is 1. The van der Waals surface area contributed by atoms with Crippen molar-refractivity contribution < 1.29 is 23.8 Å². The summed E-state index contributed by atoms with van der Waals surface area (Å²) in [6, 6.07) is 5.25. The van der Waals surface area contributed by atoms with Crippen LogP contribution in [0.15, 0.2) is 30.5 Å². The summed E-state index contributed by atoms with van der Waals surface area (Å²) in [5, 5.41) is 6.62. The van der Waals surface area contributed by atoms with Crippen LogP contribution in [-0.2, 0) is 16.6 Å². The molecule has 1 amide bonds. The molecule has 8 heteroatoms. The molecule has 0 fully saturated rings. The Labute approximate surface area is 151 Å². The number of hydrogen-bond acceptors (Lipinski definition) is 6. The minimum atomic E-state index is -0.547. The lowest BCUT2D eigenvalue weighted by Crippen LogP contribution is -2.15. The maximum atomic E-state index is 12.3. The Bertz CT molecular complexity index is 826. The van der Waals surface area contributed by atoms with Crippen molar-refractivity contribution in [2.45, 2.75) is 6.92 Å². The van der Waals surface area contributed by atoms with Gasteiger partial charge in [0.25, 0.3) is 0 Å². The molecule has 1 aromatic heterocycles. The minimum absolute atomic E-state index is 0.190. The van der Waals surface area contributed by atoms with Crippen LogP contribution in [0.25, 0.3) is 6.08 Å². The molecule has 138 valence electrons. The number of anilines is 1. The second-order valence-electron chi connectivity index (χ2n) is 5.18. The third-order valence-electron chi connectivity index (χ3n) is 3.53. The van der Waals surface area contributed by atoms with Crippen LogP contribution in [0.5, 0.6) is 11.5 Å². The van der Waals surface area contributed by atoms with E-state index in [1.165, 1.54) is 17.0 Å². The fraction of sp³-hybridized carbons (Fsp3) is 0.278. The SMILES string of the molecule is CCOC(=O)c1cnn(C)c1NC(=O)/C=C/c1cc(OC)ccc1OC. The maximum Gasteiger partial charge on any atom is 0.343 e. The van der Waals surface area contributed by atoms with E-state index < -0.39 is 11.9 Å². The van der Waals surface area contributed by atoms with Crippen LogP contribution >= 0.6 is 0 Å². The minimum Gasteiger partial charge on any atom is -0.497 e. The number of aryl methyl sites for hydroxylation is 1. The van der Waals surface area contributed by atoms with Gasteiger partial charge in [-0.05, 0) is 31.2 Å². The lowest BCUT2D eigenvalue weighted by atomic mass is 10.1. The molecule has 0 radical (unpaired) electrons. The summed E-state index contributed by atoms with van der Waals surface area (Å²) >= 11 is 0. The Kier molecular flexibility index (Phi) is 6.37. The van der Waals surface area contributed by atoms with Crippen molar-refractivity contribution in [2.24, 2.45) is 7.05 Å². The average Bonchev–Trinajstić information content (AvgIpc) is 3.00. The predicted molar refractivity (Wildman–Crippen MR) is 96.4 cm³/mol. The van der Waals surface area contributed by atoms with Crippen LogP contribution < -0.4 is 14.8 Å². The first-order valence-corrected chi connectivity index (χ1v) is 7.90. The van der Waals surface area contributed by atoms with Gasteiger partial charge < -0.3 is 19.5 Å². The second kappa shape index (κ2) is 8.70. The number of hydrogen-bond donors (Lipinski definition) is 1. The van der Waals surface area contributed by atoms with Gasteiger partial charge in [-0.2, -0.15) is 5.10 Å². The van der Waals surface area contributed by atoms with Crippen molar-refractivity contribution in [2.75, 3.05) is 26.1 Å². The molecule has 8 nitrogen and oxygen atoms in total. The number of esters is 1. The number of carbonyl (C=O) groups excluding carboxylic acids is 2. The summed E-state index contributed by atoms with van der Waals surface area (Å²) < 4.78 is 16.8. The molecule has 0 bridgehead atoms. The monoisotopic (exact) mass is 359 g/mol. The number of carbonyl (C=O) groups is 2. The van der Waals surface area contributed by atoms with Crippen LogP contribution in [0.3, 0.4) is 0 Å². The number of ether oxygens (including phenoxy) is 3. The van der Waals surface area contributed by atoms with E-state index in [-0.39, 0.29) is 18.0 Å². The molecule has 2 aromatic rings. The van der Waals surface area contributed by atoms with E-state index in [1.54, 1.807) is 52.5 Å². The van der Waals surface area contributed by atoms with Gasteiger partial charge in [0.1, 0.15) is 22.9 Å². The first-order valence-electron chi connectivity index (χ1n) is 7.90. The molecule has 26 heavy (non-hydrogen) atoms. The van der Waals surface area contributed by atoms with Crippen molar-refractivity contribution in [3.8, 4) is 11.5 Å². The normalized spacial score (nSPS) is 10.6. The zero-order valence-electron chi connectivity index (χ0n) is 15.1. The number of nitrogens with zero attached hydrogens (tertiary/aromatic N) is 2. The molecule has 1 heterocycles. The van der Waals surface area contributed by atoms with E-state index in [0.717, 1.165) is 0 Å². The first kappa shape index (κ1) is 19.0. The van der Waals surface area contributed by atoms with Crippen molar-refractivity contribution >= 4 is 23.8 Å². The molecule has 0 atom stereocenters. The second-order valence-corrected chi connectivity index (χ2v) is 5.18. The first-order chi connectivity index (χ1) is 12.5. The molecule has 0 aliphatic carbocycles. The maximum absolute atomic E-state index is 12.3. The highest BCUT2D eigenvalue weighted by Crippen LogP contribution is 2.25. The summed E-state index contributed by atoms with van der Waals surface area (Å²) in [6.45, 7) is 1.94. The molecular formula is C18H21N3O5. The molecule has 0 spiro atoms. The number of nitrogens with one attached hydrogen (secondary N) is 1. The molecule has 0 saturated carbocycles. The number of benzene rings is 1. The van der Waals surface area contributed by atoms with E-state index >= 15 is 0 Å². The van der Waals surface area contributed by atoms with E-state index in [4.69, 9.17) is 14.2 Å². The zero-order chi connectivity index (χ0) is 19.1. The number of aromatic nitrogens is 2. The van der Waals surface area contributed by atoms with E-state index in [1.807, 2.05) is 0 Å². The third kappa shape index (κ3) is 4.41. The van der Waals surface area contributed by atoms with Gasteiger partial charge in [-0.3, -0.25) is 9.48 Å². The molecule has 0 saturated heterocycles. The summed E-state index contributed by atoms with van der Waals surface area (Å²) in [5.41, 5.74) is 0.868. The quantitative estimate of drug-likeness (QED) is 0.602. The fourth-order valence-electron chi connectivity index (χ4n) is 2.24. The van der Waals surface area contributed by atoms with Crippen LogP contribution in [0.4, 0.5) is 5.82 Å². The topological polar surface area (TPSA) is 91.7 Å². The highest BCUT2D eigenvalue weighted by molar-refractivity contribution is 6.05. The highest BCUT2D eigenvalue weighted by Gasteiger charge is 2.18. The Morgan fingerprint density at radius 3 is 2.69 bits per heavy atom. The van der Waals surface area contributed by atoms with Crippen molar-refractivity contribution in [1.29, 1.82) is 0 Å².